The first-order chi connectivity index (χ1) is 12.3. The van der Waals surface area contributed by atoms with Gasteiger partial charge in [0.25, 0.3) is 0 Å². The molecule has 26 heavy (non-hydrogen) atoms. The summed E-state index contributed by atoms with van der Waals surface area (Å²) in [4.78, 5) is 6.34. The van der Waals surface area contributed by atoms with Gasteiger partial charge in [0.2, 0.25) is 0 Å². The van der Waals surface area contributed by atoms with Crippen LogP contribution in [0, 0.1) is 0 Å². The summed E-state index contributed by atoms with van der Waals surface area (Å²) in [7, 11) is -1.37. The molecule has 1 saturated heterocycles. The molecule has 1 aromatic rings. The Bertz CT molecular complexity index is 790. The maximum Gasteiger partial charge on any atom is 0.193 e. The molecule has 1 N–H and O–H groups in total. The largest absolute Gasteiger partial charge is 0.490 e. The third kappa shape index (κ3) is 3.75. The van der Waals surface area contributed by atoms with Crippen LogP contribution in [-0.4, -0.2) is 63.1 Å². The highest BCUT2D eigenvalue weighted by Gasteiger charge is 2.40. The van der Waals surface area contributed by atoms with Gasteiger partial charge in [-0.1, -0.05) is 12.1 Å². The summed E-state index contributed by atoms with van der Waals surface area (Å²) in [6.07, 6.45) is 0.862. The quantitative estimate of drug-likeness (QED) is 0.617. The monoisotopic (exact) mass is 381 g/mol. The molecule has 0 bridgehead atoms. The molecule has 7 nitrogen and oxygen atoms in total. The molecule has 2 heterocycles. The topological polar surface area (TPSA) is 80.2 Å². The maximum atomic E-state index is 12.2. The molecular weight excluding hydrogens is 354 g/mol. The van der Waals surface area contributed by atoms with Crippen molar-refractivity contribution in [2.24, 2.45) is 4.99 Å². The molecular formula is C18H27N3O4S. The fourth-order valence-corrected chi connectivity index (χ4v) is 4.59. The molecule has 0 atom stereocenters. The smallest absolute Gasteiger partial charge is 0.193 e. The summed E-state index contributed by atoms with van der Waals surface area (Å²) in [6.45, 7) is 6.22. The van der Waals surface area contributed by atoms with E-state index in [0.29, 0.717) is 38.8 Å². The summed E-state index contributed by atoms with van der Waals surface area (Å²) in [5, 5.41) is 3.34. The summed E-state index contributed by atoms with van der Waals surface area (Å²) >= 11 is 0. The highest BCUT2D eigenvalue weighted by Crippen LogP contribution is 2.33. The number of nitrogens with one attached hydrogen (secondary N) is 1. The molecule has 0 spiro atoms. The molecule has 1 fully saturated rings. The van der Waals surface area contributed by atoms with Crippen molar-refractivity contribution in [1.29, 1.82) is 0 Å². The molecule has 2 aliphatic heterocycles. The molecule has 144 valence electrons. The van der Waals surface area contributed by atoms with E-state index in [1.807, 2.05) is 23.1 Å². The lowest BCUT2D eigenvalue weighted by atomic mass is 10.1. The first kappa shape index (κ1) is 18.8. The van der Waals surface area contributed by atoms with E-state index >= 15 is 0 Å². The molecule has 3 rings (SSSR count). The van der Waals surface area contributed by atoms with Crippen LogP contribution < -0.4 is 14.8 Å². The van der Waals surface area contributed by atoms with Gasteiger partial charge < -0.3 is 19.7 Å². The van der Waals surface area contributed by atoms with Crippen LogP contribution in [0.25, 0.3) is 0 Å². The van der Waals surface area contributed by atoms with Gasteiger partial charge in [-0.3, -0.25) is 4.99 Å². The Kier molecular flexibility index (Phi) is 5.32. The van der Waals surface area contributed by atoms with Crippen LogP contribution >= 0.6 is 0 Å². The van der Waals surface area contributed by atoms with Gasteiger partial charge in [0.15, 0.2) is 27.3 Å². The van der Waals surface area contributed by atoms with Crippen LogP contribution in [0.2, 0.25) is 0 Å². The fraction of sp³-hybridized carbons (Fsp3) is 0.611. The summed E-state index contributed by atoms with van der Waals surface area (Å²) in [5.74, 6) is 2.37. The van der Waals surface area contributed by atoms with Gasteiger partial charge in [-0.15, -0.1) is 0 Å². The first-order valence-electron chi connectivity index (χ1n) is 8.89. The first-order valence-corrected chi connectivity index (χ1v) is 10.5. The minimum atomic E-state index is -3.08. The number of ether oxygens (including phenoxy) is 2. The van der Waals surface area contributed by atoms with Gasteiger partial charge in [-0.25, -0.2) is 8.42 Å². The average Bonchev–Trinajstić information content (AvgIpc) is 2.84. The van der Waals surface area contributed by atoms with Gasteiger partial charge in [0, 0.05) is 38.7 Å². The molecule has 1 aromatic carbocycles. The number of fused-ring (bicyclic) bond motifs is 1. The van der Waals surface area contributed by atoms with E-state index in [-0.39, 0.29) is 5.75 Å². The minimum absolute atomic E-state index is 0.137. The number of hydrogen-bond donors (Lipinski definition) is 1. The second kappa shape index (κ2) is 7.34. The summed E-state index contributed by atoms with van der Waals surface area (Å²) in [6, 6.07) is 5.86. The SMILES string of the molecule is CN=C(NCc1cccc2c1OCCCO2)N1CCS(=O)(=O)C(C)(C)C1. The zero-order valence-electron chi connectivity index (χ0n) is 15.6. The van der Waals surface area contributed by atoms with Crippen molar-refractivity contribution >= 4 is 15.8 Å². The van der Waals surface area contributed by atoms with Gasteiger partial charge in [-0.2, -0.15) is 0 Å². The Labute approximate surface area is 155 Å². The Morgan fingerprint density at radius 1 is 1.31 bits per heavy atom. The fourth-order valence-electron chi connectivity index (χ4n) is 3.22. The van der Waals surface area contributed by atoms with E-state index in [0.717, 1.165) is 23.5 Å². The Hall–Kier alpha value is -1.96. The van der Waals surface area contributed by atoms with Gasteiger partial charge in [0.1, 0.15) is 0 Å². The number of guanidine groups is 1. The summed E-state index contributed by atoms with van der Waals surface area (Å²) in [5.41, 5.74) is 0.995. The second-order valence-corrected chi connectivity index (χ2v) is 9.94. The molecule has 0 aromatic heterocycles. The Balaban J connectivity index is 1.71. The van der Waals surface area contributed by atoms with E-state index in [2.05, 4.69) is 10.3 Å². The average molecular weight is 381 g/mol. The lowest BCUT2D eigenvalue weighted by Gasteiger charge is -2.39. The minimum Gasteiger partial charge on any atom is -0.490 e. The van der Waals surface area contributed by atoms with Gasteiger partial charge >= 0.3 is 0 Å². The van der Waals surface area contributed by atoms with Crippen molar-refractivity contribution in [2.75, 3.05) is 39.1 Å². The van der Waals surface area contributed by atoms with Crippen molar-refractivity contribution in [2.45, 2.75) is 31.6 Å². The number of benzene rings is 1. The van der Waals surface area contributed by atoms with Crippen molar-refractivity contribution < 1.29 is 17.9 Å². The summed E-state index contributed by atoms with van der Waals surface area (Å²) < 4.78 is 35.2. The van der Waals surface area contributed by atoms with Crippen LogP contribution in [-0.2, 0) is 16.4 Å². The van der Waals surface area contributed by atoms with Crippen molar-refractivity contribution in [3.05, 3.63) is 23.8 Å². The van der Waals surface area contributed by atoms with E-state index < -0.39 is 14.6 Å². The molecule has 2 aliphatic rings. The van der Waals surface area contributed by atoms with Crippen LogP contribution in [0.3, 0.4) is 0 Å². The number of rotatable bonds is 2. The highest BCUT2D eigenvalue weighted by molar-refractivity contribution is 7.92. The van der Waals surface area contributed by atoms with E-state index in [1.54, 1.807) is 20.9 Å². The Morgan fingerprint density at radius 3 is 2.81 bits per heavy atom. The van der Waals surface area contributed by atoms with Crippen molar-refractivity contribution in [3.63, 3.8) is 0 Å². The number of sulfone groups is 1. The van der Waals surface area contributed by atoms with E-state index in [1.165, 1.54) is 0 Å². The van der Waals surface area contributed by atoms with Crippen molar-refractivity contribution in [1.82, 2.24) is 10.2 Å². The van der Waals surface area contributed by atoms with Gasteiger partial charge in [-0.05, 0) is 19.9 Å². The molecule has 0 saturated carbocycles. The second-order valence-electron chi connectivity index (χ2n) is 7.20. The van der Waals surface area contributed by atoms with Crippen LogP contribution in [0.1, 0.15) is 25.8 Å². The van der Waals surface area contributed by atoms with Gasteiger partial charge in [0.05, 0.1) is 23.7 Å². The predicted molar refractivity (Wildman–Crippen MR) is 102 cm³/mol. The molecule has 0 unspecified atom stereocenters. The molecule has 8 heteroatoms. The molecule has 0 radical (unpaired) electrons. The lowest BCUT2D eigenvalue weighted by molar-refractivity contribution is 0.296. The highest BCUT2D eigenvalue weighted by atomic mass is 32.2. The predicted octanol–water partition coefficient (Wildman–Crippen LogP) is 1.43. The Morgan fingerprint density at radius 2 is 2.08 bits per heavy atom. The lowest BCUT2D eigenvalue weighted by Crippen LogP contribution is -2.57. The zero-order chi connectivity index (χ0) is 18.8. The third-order valence-corrected chi connectivity index (χ3v) is 7.38. The molecule has 0 aliphatic carbocycles. The number of aliphatic imine (C=N–C) groups is 1. The zero-order valence-corrected chi connectivity index (χ0v) is 16.4. The van der Waals surface area contributed by atoms with Crippen LogP contribution in [0.4, 0.5) is 0 Å². The number of hydrogen-bond acceptors (Lipinski definition) is 5. The van der Waals surface area contributed by atoms with E-state index in [9.17, 15) is 8.42 Å². The maximum absolute atomic E-state index is 12.2. The molecule has 0 amide bonds. The number of para-hydroxylation sites is 1. The van der Waals surface area contributed by atoms with Crippen LogP contribution in [0.5, 0.6) is 11.5 Å². The van der Waals surface area contributed by atoms with Crippen LogP contribution in [0.15, 0.2) is 23.2 Å². The van der Waals surface area contributed by atoms with E-state index in [4.69, 9.17) is 9.47 Å². The standard InChI is InChI=1S/C18H27N3O4S/c1-18(2)13-21(8-11-26(18,22)23)17(19-3)20-12-14-6-4-7-15-16(14)25-10-5-9-24-15/h4,6-7H,5,8-13H2,1-3H3,(H,19,20). The number of nitrogens with zero attached hydrogens (tertiary/aromatic N) is 2. The normalized spacial score (nSPS) is 21.8. The van der Waals surface area contributed by atoms with Crippen molar-refractivity contribution in [3.8, 4) is 11.5 Å². The third-order valence-electron chi connectivity index (χ3n) is 4.84.